The number of methoxy groups -OCH3 is 1. The number of hydrogen-bond donors (Lipinski definition) is 1. The van der Waals surface area contributed by atoms with Gasteiger partial charge in [-0.1, -0.05) is 20.3 Å². The van der Waals surface area contributed by atoms with E-state index in [1.807, 2.05) is 19.2 Å². The molecular weight excluding hydrogens is 264 g/mol. The predicted molar refractivity (Wildman–Crippen MR) is 87.1 cm³/mol. The van der Waals surface area contributed by atoms with Gasteiger partial charge in [-0.05, 0) is 25.8 Å². The van der Waals surface area contributed by atoms with Crippen LogP contribution in [0.25, 0.3) is 10.9 Å². The molecule has 2 aromatic rings. The van der Waals surface area contributed by atoms with E-state index in [0.717, 1.165) is 47.2 Å². The molecule has 0 amide bonds. The quantitative estimate of drug-likeness (QED) is 0.813. The number of rotatable bonds is 6. The van der Waals surface area contributed by atoms with Gasteiger partial charge < -0.3 is 15.2 Å². The SMILES string of the molecule is CCCC(CC)Oc1c(C)cnc2c(N)cc(OC)cc12. The molecule has 1 atom stereocenters. The molecule has 0 radical (unpaired) electrons. The van der Waals surface area contributed by atoms with Crippen molar-refractivity contribution < 1.29 is 9.47 Å². The lowest BCUT2D eigenvalue weighted by Gasteiger charge is -2.20. The van der Waals surface area contributed by atoms with Crippen LogP contribution >= 0.6 is 0 Å². The highest BCUT2D eigenvalue weighted by molar-refractivity contribution is 5.95. The minimum atomic E-state index is 0.215. The topological polar surface area (TPSA) is 57.4 Å². The number of pyridine rings is 1. The van der Waals surface area contributed by atoms with E-state index in [9.17, 15) is 0 Å². The monoisotopic (exact) mass is 288 g/mol. The van der Waals surface area contributed by atoms with E-state index in [1.54, 1.807) is 13.2 Å². The molecule has 0 aliphatic heterocycles. The molecule has 1 unspecified atom stereocenters. The minimum Gasteiger partial charge on any atom is -0.497 e. The van der Waals surface area contributed by atoms with Gasteiger partial charge in [0.05, 0.1) is 24.4 Å². The molecule has 1 aromatic carbocycles. The molecule has 1 heterocycles. The van der Waals surface area contributed by atoms with Crippen LogP contribution in [0.1, 0.15) is 38.7 Å². The lowest BCUT2D eigenvalue weighted by atomic mass is 10.1. The van der Waals surface area contributed by atoms with Crippen LogP contribution in [0.3, 0.4) is 0 Å². The summed E-state index contributed by atoms with van der Waals surface area (Å²) in [5.41, 5.74) is 8.47. The smallest absolute Gasteiger partial charge is 0.133 e. The molecular formula is C17H24N2O2. The standard InChI is InChI=1S/C17H24N2O2/c1-5-7-12(6-2)21-17-11(3)10-19-16-14(17)8-13(20-4)9-15(16)18/h8-10,12H,5-7,18H2,1-4H3. The second-order valence-electron chi connectivity index (χ2n) is 5.32. The van der Waals surface area contributed by atoms with Crippen LogP contribution in [0.4, 0.5) is 5.69 Å². The van der Waals surface area contributed by atoms with Gasteiger partial charge in [-0.3, -0.25) is 4.98 Å². The zero-order valence-electron chi connectivity index (χ0n) is 13.3. The van der Waals surface area contributed by atoms with E-state index >= 15 is 0 Å². The molecule has 21 heavy (non-hydrogen) atoms. The predicted octanol–water partition coefficient (Wildman–Crippen LogP) is 4.09. The van der Waals surface area contributed by atoms with E-state index in [0.29, 0.717) is 5.69 Å². The van der Waals surface area contributed by atoms with Gasteiger partial charge in [0.15, 0.2) is 0 Å². The summed E-state index contributed by atoms with van der Waals surface area (Å²) in [4.78, 5) is 4.43. The largest absolute Gasteiger partial charge is 0.497 e. The van der Waals surface area contributed by atoms with Gasteiger partial charge in [-0.15, -0.1) is 0 Å². The van der Waals surface area contributed by atoms with Gasteiger partial charge in [0, 0.05) is 23.2 Å². The molecule has 1 aromatic heterocycles. The van der Waals surface area contributed by atoms with Crippen molar-refractivity contribution in [2.45, 2.75) is 46.1 Å². The van der Waals surface area contributed by atoms with Crippen LogP contribution in [-0.4, -0.2) is 18.2 Å². The van der Waals surface area contributed by atoms with Crippen molar-refractivity contribution in [3.05, 3.63) is 23.9 Å². The number of aromatic nitrogens is 1. The van der Waals surface area contributed by atoms with Gasteiger partial charge in [0.2, 0.25) is 0 Å². The first-order valence-electron chi connectivity index (χ1n) is 7.50. The molecule has 0 fully saturated rings. The maximum absolute atomic E-state index is 6.25. The number of benzene rings is 1. The van der Waals surface area contributed by atoms with Gasteiger partial charge in [0.25, 0.3) is 0 Å². The molecule has 0 spiro atoms. The van der Waals surface area contributed by atoms with Crippen LogP contribution < -0.4 is 15.2 Å². The minimum absolute atomic E-state index is 0.215. The maximum atomic E-state index is 6.25. The summed E-state index contributed by atoms with van der Waals surface area (Å²) in [6.07, 6.45) is 5.16. The Bertz CT molecular complexity index is 626. The number of ether oxygens (including phenoxy) is 2. The molecule has 2 N–H and O–H groups in total. The van der Waals surface area contributed by atoms with E-state index in [4.69, 9.17) is 15.2 Å². The summed E-state index contributed by atoms with van der Waals surface area (Å²) in [5.74, 6) is 1.59. The van der Waals surface area contributed by atoms with Gasteiger partial charge in [-0.2, -0.15) is 0 Å². The van der Waals surface area contributed by atoms with E-state index in [1.165, 1.54) is 0 Å². The number of fused-ring (bicyclic) bond motifs is 1. The van der Waals surface area contributed by atoms with Crippen molar-refractivity contribution in [3.63, 3.8) is 0 Å². The Labute approximate surface area is 126 Å². The average molecular weight is 288 g/mol. The molecule has 114 valence electrons. The van der Waals surface area contributed by atoms with Crippen LogP contribution in [-0.2, 0) is 0 Å². The van der Waals surface area contributed by atoms with Crippen LogP contribution in [0.5, 0.6) is 11.5 Å². The van der Waals surface area contributed by atoms with Gasteiger partial charge in [0.1, 0.15) is 11.5 Å². The van der Waals surface area contributed by atoms with Crippen molar-refractivity contribution >= 4 is 16.6 Å². The van der Waals surface area contributed by atoms with Gasteiger partial charge in [-0.25, -0.2) is 0 Å². The summed E-state index contributed by atoms with van der Waals surface area (Å²) in [5, 5.41) is 0.918. The fraction of sp³-hybridized carbons (Fsp3) is 0.471. The fourth-order valence-electron chi connectivity index (χ4n) is 2.49. The Hall–Kier alpha value is -1.97. The first-order valence-corrected chi connectivity index (χ1v) is 7.50. The number of nitrogens with two attached hydrogens (primary N) is 1. The summed E-state index contributed by atoms with van der Waals surface area (Å²) in [6.45, 7) is 6.33. The molecule has 4 heteroatoms. The molecule has 2 rings (SSSR count). The van der Waals surface area contributed by atoms with Crippen molar-refractivity contribution in [2.24, 2.45) is 0 Å². The molecule has 0 aliphatic rings. The Kier molecular flexibility index (Phi) is 4.89. The first kappa shape index (κ1) is 15.4. The lowest BCUT2D eigenvalue weighted by Crippen LogP contribution is -2.16. The molecule has 4 nitrogen and oxygen atoms in total. The van der Waals surface area contributed by atoms with E-state index in [-0.39, 0.29) is 6.10 Å². The highest BCUT2D eigenvalue weighted by atomic mass is 16.5. The lowest BCUT2D eigenvalue weighted by molar-refractivity contribution is 0.187. The summed E-state index contributed by atoms with van der Waals surface area (Å²) in [6, 6.07) is 3.73. The number of nitrogens with zero attached hydrogens (tertiary/aromatic N) is 1. The normalized spacial score (nSPS) is 12.4. The summed E-state index contributed by atoms with van der Waals surface area (Å²) in [7, 11) is 1.64. The number of hydrogen-bond acceptors (Lipinski definition) is 4. The molecule has 0 bridgehead atoms. The van der Waals surface area contributed by atoms with E-state index in [2.05, 4.69) is 18.8 Å². The van der Waals surface area contributed by atoms with Crippen LogP contribution in [0, 0.1) is 6.92 Å². The Morgan fingerprint density at radius 1 is 1.29 bits per heavy atom. The number of aryl methyl sites for hydroxylation is 1. The Morgan fingerprint density at radius 3 is 2.67 bits per heavy atom. The van der Waals surface area contributed by atoms with Crippen molar-refractivity contribution in [1.29, 1.82) is 0 Å². The van der Waals surface area contributed by atoms with Gasteiger partial charge >= 0.3 is 0 Å². The van der Waals surface area contributed by atoms with Crippen molar-refractivity contribution in [1.82, 2.24) is 4.98 Å². The van der Waals surface area contributed by atoms with E-state index < -0.39 is 0 Å². The third-order valence-corrected chi connectivity index (χ3v) is 3.69. The second kappa shape index (κ2) is 6.66. The molecule has 0 saturated carbocycles. The zero-order valence-corrected chi connectivity index (χ0v) is 13.3. The second-order valence-corrected chi connectivity index (χ2v) is 5.32. The third-order valence-electron chi connectivity index (χ3n) is 3.69. The number of anilines is 1. The van der Waals surface area contributed by atoms with Crippen LogP contribution in [0.2, 0.25) is 0 Å². The maximum Gasteiger partial charge on any atom is 0.133 e. The Morgan fingerprint density at radius 2 is 2.05 bits per heavy atom. The molecule has 0 aliphatic carbocycles. The first-order chi connectivity index (χ1) is 10.1. The van der Waals surface area contributed by atoms with Crippen LogP contribution in [0.15, 0.2) is 18.3 Å². The summed E-state index contributed by atoms with van der Waals surface area (Å²) >= 11 is 0. The highest BCUT2D eigenvalue weighted by Gasteiger charge is 2.15. The highest BCUT2D eigenvalue weighted by Crippen LogP contribution is 2.35. The van der Waals surface area contributed by atoms with Crippen molar-refractivity contribution in [3.8, 4) is 11.5 Å². The van der Waals surface area contributed by atoms with Crippen molar-refractivity contribution in [2.75, 3.05) is 12.8 Å². The molecule has 0 saturated heterocycles. The summed E-state index contributed by atoms with van der Waals surface area (Å²) < 4.78 is 11.6. The third kappa shape index (κ3) is 3.20. The fourth-order valence-corrected chi connectivity index (χ4v) is 2.49. The Balaban J connectivity index is 2.54. The zero-order chi connectivity index (χ0) is 15.4. The average Bonchev–Trinajstić information content (AvgIpc) is 2.48. The number of nitrogen functional groups attached to an aromatic ring is 1.